The Morgan fingerprint density at radius 2 is 1.90 bits per heavy atom. The Balaban J connectivity index is 0.00000320. The fraction of sp³-hybridized carbons (Fsp3) is 0.429. The van der Waals surface area contributed by atoms with E-state index in [4.69, 9.17) is 9.15 Å². The lowest BCUT2D eigenvalue weighted by molar-refractivity contribution is 0.0389. The van der Waals surface area contributed by atoms with Gasteiger partial charge in [-0.2, -0.15) is 0 Å². The van der Waals surface area contributed by atoms with Gasteiger partial charge in [-0.05, 0) is 36.8 Å². The van der Waals surface area contributed by atoms with Crippen molar-refractivity contribution in [1.82, 2.24) is 15.5 Å². The van der Waals surface area contributed by atoms with Gasteiger partial charge < -0.3 is 25.1 Å². The highest BCUT2D eigenvalue weighted by molar-refractivity contribution is 14.0. The molecule has 0 unspecified atom stereocenters. The molecule has 9 heteroatoms. The van der Waals surface area contributed by atoms with Crippen molar-refractivity contribution in [3.63, 3.8) is 0 Å². The Labute approximate surface area is 194 Å². The maximum atomic E-state index is 12.0. The minimum atomic E-state index is -0.264. The zero-order valence-corrected chi connectivity index (χ0v) is 19.6. The zero-order chi connectivity index (χ0) is 20.3. The predicted molar refractivity (Wildman–Crippen MR) is 129 cm³/mol. The third-order valence-corrected chi connectivity index (χ3v) is 4.54. The van der Waals surface area contributed by atoms with Crippen molar-refractivity contribution in [3.8, 4) is 0 Å². The molecule has 1 fully saturated rings. The molecule has 2 aromatic rings. The molecule has 3 N–H and O–H groups in total. The monoisotopic (exact) mass is 527 g/mol. The zero-order valence-electron chi connectivity index (χ0n) is 17.2. The molecular weight excluding hydrogens is 497 g/mol. The molecule has 1 aliphatic rings. The maximum Gasteiger partial charge on any atom is 0.291 e. The van der Waals surface area contributed by atoms with Gasteiger partial charge in [0.05, 0.1) is 26.0 Å². The summed E-state index contributed by atoms with van der Waals surface area (Å²) in [5.41, 5.74) is 1.78. The van der Waals surface area contributed by atoms with Crippen molar-refractivity contribution < 1.29 is 13.9 Å². The molecule has 1 saturated heterocycles. The number of nitrogens with zero attached hydrogens (tertiary/aromatic N) is 2. The summed E-state index contributed by atoms with van der Waals surface area (Å²) in [4.78, 5) is 19.0. The molecule has 1 aromatic carbocycles. The number of furan rings is 1. The molecule has 0 atom stereocenters. The van der Waals surface area contributed by atoms with E-state index >= 15 is 0 Å². The molecule has 0 aliphatic carbocycles. The van der Waals surface area contributed by atoms with Crippen molar-refractivity contribution in [2.75, 3.05) is 51.3 Å². The number of anilines is 1. The Kier molecular flexibility index (Phi) is 10.7. The average molecular weight is 527 g/mol. The van der Waals surface area contributed by atoms with Crippen LogP contribution in [0.5, 0.6) is 0 Å². The van der Waals surface area contributed by atoms with Crippen LogP contribution in [0.2, 0.25) is 0 Å². The van der Waals surface area contributed by atoms with Gasteiger partial charge >= 0.3 is 0 Å². The molecule has 8 nitrogen and oxygen atoms in total. The number of morpholine rings is 1. The fourth-order valence-electron chi connectivity index (χ4n) is 2.96. The molecule has 2 heterocycles. The second-order valence-electron chi connectivity index (χ2n) is 6.70. The molecular formula is C21H30IN5O3. The Morgan fingerprint density at radius 1 is 1.13 bits per heavy atom. The lowest BCUT2D eigenvalue weighted by Gasteiger charge is -2.26. The third kappa shape index (κ3) is 7.96. The summed E-state index contributed by atoms with van der Waals surface area (Å²) < 4.78 is 10.5. The van der Waals surface area contributed by atoms with Crippen LogP contribution in [0, 0.1) is 0 Å². The summed E-state index contributed by atoms with van der Waals surface area (Å²) in [6, 6.07) is 11.0. The van der Waals surface area contributed by atoms with Crippen LogP contribution in [0.15, 0.2) is 52.1 Å². The van der Waals surface area contributed by atoms with Crippen molar-refractivity contribution in [3.05, 3.63) is 54.0 Å². The van der Waals surface area contributed by atoms with Crippen LogP contribution in [0.4, 0.5) is 5.69 Å². The standard InChI is InChI=1S/C21H29N5O3.HI/c1-2-22-21(23-9-10-26-11-14-28-15-12-26)24-16-17-5-7-18(8-6-17)25-20(27)19-4-3-13-29-19;/h3-8,13H,2,9-12,14-16H2,1H3,(H,25,27)(H2,22,23,24);1H. The molecule has 1 aromatic heterocycles. The summed E-state index contributed by atoms with van der Waals surface area (Å²) in [5, 5.41) is 9.46. The molecule has 3 rings (SSSR count). The van der Waals surface area contributed by atoms with E-state index in [2.05, 4.69) is 32.8 Å². The van der Waals surface area contributed by atoms with E-state index in [-0.39, 0.29) is 35.6 Å². The van der Waals surface area contributed by atoms with Gasteiger partial charge in [-0.1, -0.05) is 12.1 Å². The molecule has 1 aliphatic heterocycles. The van der Waals surface area contributed by atoms with Crippen LogP contribution in [-0.4, -0.2) is 62.7 Å². The van der Waals surface area contributed by atoms with E-state index in [1.807, 2.05) is 24.3 Å². The van der Waals surface area contributed by atoms with Crippen LogP contribution in [0.1, 0.15) is 23.0 Å². The van der Waals surface area contributed by atoms with E-state index in [0.717, 1.165) is 63.1 Å². The van der Waals surface area contributed by atoms with Gasteiger partial charge in [0, 0.05) is 38.4 Å². The summed E-state index contributed by atoms with van der Waals surface area (Å²) in [6.45, 7) is 8.81. The van der Waals surface area contributed by atoms with E-state index in [1.165, 1.54) is 6.26 Å². The normalized spacial score (nSPS) is 14.6. The van der Waals surface area contributed by atoms with E-state index in [0.29, 0.717) is 6.54 Å². The molecule has 0 spiro atoms. The number of carbonyl (C=O) groups excluding carboxylic acids is 1. The lowest BCUT2D eigenvalue weighted by atomic mass is 10.2. The SMILES string of the molecule is CCNC(=NCc1ccc(NC(=O)c2ccco2)cc1)NCCN1CCOCC1.I. The number of benzene rings is 1. The number of ether oxygens (including phenoxy) is 1. The lowest BCUT2D eigenvalue weighted by Crippen LogP contribution is -2.44. The summed E-state index contributed by atoms with van der Waals surface area (Å²) >= 11 is 0. The number of nitrogens with one attached hydrogen (secondary N) is 3. The number of amides is 1. The average Bonchev–Trinajstić information content (AvgIpc) is 3.29. The fourth-order valence-corrected chi connectivity index (χ4v) is 2.96. The molecule has 30 heavy (non-hydrogen) atoms. The number of hydrogen-bond donors (Lipinski definition) is 3. The summed E-state index contributed by atoms with van der Waals surface area (Å²) in [5.74, 6) is 0.827. The van der Waals surface area contributed by atoms with Crippen LogP contribution < -0.4 is 16.0 Å². The first-order chi connectivity index (χ1) is 14.2. The number of hydrogen-bond acceptors (Lipinski definition) is 5. The molecule has 164 valence electrons. The van der Waals surface area contributed by atoms with Gasteiger partial charge in [-0.25, -0.2) is 4.99 Å². The number of carbonyl (C=O) groups is 1. The van der Waals surface area contributed by atoms with Gasteiger partial charge in [0.25, 0.3) is 5.91 Å². The van der Waals surface area contributed by atoms with Crippen LogP contribution in [0.3, 0.4) is 0 Å². The van der Waals surface area contributed by atoms with Crippen molar-refractivity contribution in [2.45, 2.75) is 13.5 Å². The molecule has 0 radical (unpaired) electrons. The van der Waals surface area contributed by atoms with Gasteiger partial charge in [0.2, 0.25) is 0 Å². The molecule has 0 saturated carbocycles. The van der Waals surface area contributed by atoms with Crippen LogP contribution in [-0.2, 0) is 11.3 Å². The third-order valence-electron chi connectivity index (χ3n) is 4.54. The predicted octanol–water partition coefficient (Wildman–Crippen LogP) is 2.54. The van der Waals surface area contributed by atoms with E-state index in [9.17, 15) is 4.79 Å². The second kappa shape index (κ2) is 13.2. The number of aliphatic imine (C=N–C) groups is 1. The summed E-state index contributed by atoms with van der Waals surface area (Å²) in [7, 11) is 0. The first-order valence-electron chi connectivity index (χ1n) is 10.0. The first kappa shape index (κ1) is 24.2. The highest BCUT2D eigenvalue weighted by Gasteiger charge is 2.10. The Morgan fingerprint density at radius 3 is 2.57 bits per heavy atom. The highest BCUT2D eigenvalue weighted by atomic mass is 127. The van der Waals surface area contributed by atoms with E-state index < -0.39 is 0 Å². The minimum absolute atomic E-state index is 0. The van der Waals surface area contributed by atoms with Crippen LogP contribution in [0.25, 0.3) is 0 Å². The summed E-state index contributed by atoms with van der Waals surface area (Å²) in [6.07, 6.45) is 1.48. The maximum absolute atomic E-state index is 12.0. The first-order valence-corrected chi connectivity index (χ1v) is 10.0. The minimum Gasteiger partial charge on any atom is -0.459 e. The van der Waals surface area contributed by atoms with E-state index in [1.54, 1.807) is 12.1 Å². The van der Waals surface area contributed by atoms with Crippen molar-refractivity contribution in [1.29, 1.82) is 0 Å². The van der Waals surface area contributed by atoms with Gasteiger partial charge in [-0.15, -0.1) is 24.0 Å². The van der Waals surface area contributed by atoms with Crippen molar-refractivity contribution >= 4 is 41.5 Å². The number of halogens is 1. The number of guanidine groups is 1. The Bertz CT molecular complexity index is 774. The Hall–Kier alpha value is -2.11. The quantitative estimate of drug-likeness (QED) is 0.278. The van der Waals surface area contributed by atoms with Gasteiger partial charge in [0.15, 0.2) is 11.7 Å². The van der Waals surface area contributed by atoms with Crippen molar-refractivity contribution in [2.24, 2.45) is 4.99 Å². The topological polar surface area (TPSA) is 91.1 Å². The molecule has 1 amide bonds. The van der Waals surface area contributed by atoms with Crippen LogP contribution >= 0.6 is 24.0 Å². The highest BCUT2D eigenvalue weighted by Crippen LogP contribution is 2.12. The van der Waals surface area contributed by atoms with Gasteiger partial charge in [-0.3, -0.25) is 9.69 Å². The molecule has 0 bridgehead atoms. The smallest absolute Gasteiger partial charge is 0.291 e. The number of rotatable bonds is 8. The van der Waals surface area contributed by atoms with Gasteiger partial charge in [0.1, 0.15) is 0 Å². The second-order valence-corrected chi connectivity index (χ2v) is 6.70. The largest absolute Gasteiger partial charge is 0.459 e.